The van der Waals surface area contributed by atoms with Crippen molar-refractivity contribution in [2.75, 3.05) is 13.2 Å². The molecule has 0 amide bonds. The van der Waals surface area contributed by atoms with E-state index in [1.165, 1.54) is 11.1 Å². The Morgan fingerprint density at radius 2 is 2.05 bits per heavy atom. The van der Waals surface area contributed by atoms with Crippen LogP contribution >= 0.6 is 11.6 Å². The quantitative estimate of drug-likeness (QED) is 0.929. The van der Waals surface area contributed by atoms with Crippen LogP contribution in [0, 0.1) is 0 Å². The zero-order valence-electron chi connectivity index (χ0n) is 12.2. The van der Waals surface area contributed by atoms with Gasteiger partial charge in [0, 0.05) is 34.5 Å². The van der Waals surface area contributed by atoms with Crippen LogP contribution in [0.15, 0.2) is 6.07 Å². The van der Waals surface area contributed by atoms with Crippen LogP contribution in [0.4, 0.5) is 0 Å². The Kier molecular flexibility index (Phi) is 3.59. The number of rotatable bonds is 3. The van der Waals surface area contributed by atoms with E-state index >= 15 is 0 Å². The fourth-order valence-electron chi connectivity index (χ4n) is 3.28. The number of halogens is 1. The van der Waals surface area contributed by atoms with Crippen molar-refractivity contribution in [3.63, 3.8) is 0 Å². The van der Waals surface area contributed by atoms with E-state index < -0.39 is 0 Å². The molecule has 4 heteroatoms. The Bertz CT molecular complexity index is 524. The maximum absolute atomic E-state index is 6.58. The van der Waals surface area contributed by atoms with Crippen LogP contribution in [-0.2, 0) is 11.8 Å². The zero-order valence-corrected chi connectivity index (χ0v) is 12.9. The van der Waals surface area contributed by atoms with Crippen LogP contribution < -0.4 is 15.2 Å². The topological polar surface area (TPSA) is 44.5 Å². The molecule has 1 aromatic rings. The fraction of sp³-hybridized carbons (Fsp3) is 0.625. The van der Waals surface area contributed by atoms with Crippen LogP contribution in [0.1, 0.15) is 44.2 Å². The van der Waals surface area contributed by atoms with E-state index in [0.29, 0.717) is 13.2 Å². The highest BCUT2D eigenvalue weighted by Gasteiger charge is 2.50. The van der Waals surface area contributed by atoms with Gasteiger partial charge in [0.05, 0.1) is 13.2 Å². The summed E-state index contributed by atoms with van der Waals surface area (Å²) in [6.45, 7) is 5.60. The van der Waals surface area contributed by atoms with E-state index in [1.807, 2.05) is 6.07 Å². The lowest BCUT2D eigenvalue weighted by Crippen LogP contribution is -2.32. The molecule has 0 aromatic heterocycles. The number of fused-ring (bicyclic) bond motifs is 1. The van der Waals surface area contributed by atoms with E-state index in [9.17, 15) is 0 Å². The number of benzene rings is 1. The molecule has 3 nitrogen and oxygen atoms in total. The first-order valence-electron chi connectivity index (χ1n) is 7.47. The Labute approximate surface area is 125 Å². The third-order valence-electron chi connectivity index (χ3n) is 4.60. The monoisotopic (exact) mass is 295 g/mol. The molecule has 2 aliphatic rings. The van der Waals surface area contributed by atoms with Crippen molar-refractivity contribution < 1.29 is 9.47 Å². The highest BCUT2D eigenvalue weighted by Crippen LogP contribution is 2.56. The summed E-state index contributed by atoms with van der Waals surface area (Å²) in [6.07, 6.45) is 4.01. The van der Waals surface area contributed by atoms with Gasteiger partial charge in [0.1, 0.15) is 0 Å². The molecular weight excluding hydrogens is 274 g/mol. The molecule has 1 unspecified atom stereocenters. The van der Waals surface area contributed by atoms with Crippen LogP contribution in [0.25, 0.3) is 0 Å². The van der Waals surface area contributed by atoms with E-state index in [2.05, 4.69) is 13.8 Å². The lowest BCUT2D eigenvalue weighted by molar-refractivity contribution is 0.296. The standard InChI is InChI=1S/C16H22ClNO2/c1-3-11-14(16(5-6-16)10(2)18)12(17)9-13-15(11)20-8-4-7-19-13/h9-10H,3-8,18H2,1-2H3. The maximum atomic E-state index is 6.58. The Balaban J connectivity index is 2.17. The summed E-state index contributed by atoms with van der Waals surface area (Å²) < 4.78 is 11.7. The van der Waals surface area contributed by atoms with Crippen molar-refractivity contribution in [1.29, 1.82) is 0 Å². The van der Waals surface area contributed by atoms with Gasteiger partial charge in [0.2, 0.25) is 0 Å². The molecule has 0 bridgehead atoms. The molecule has 1 atom stereocenters. The van der Waals surface area contributed by atoms with E-state index in [-0.39, 0.29) is 11.5 Å². The minimum Gasteiger partial charge on any atom is -0.489 e. The second kappa shape index (κ2) is 5.12. The van der Waals surface area contributed by atoms with Crippen molar-refractivity contribution in [2.45, 2.75) is 51.0 Å². The van der Waals surface area contributed by atoms with Crippen molar-refractivity contribution in [1.82, 2.24) is 0 Å². The van der Waals surface area contributed by atoms with Crippen LogP contribution in [0.3, 0.4) is 0 Å². The van der Waals surface area contributed by atoms with Gasteiger partial charge in [-0.3, -0.25) is 0 Å². The molecule has 1 saturated carbocycles. The van der Waals surface area contributed by atoms with Gasteiger partial charge in [0.25, 0.3) is 0 Å². The van der Waals surface area contributed by atoms with Gasteiger partial charge >= 0.3 is 0 Å². The number of nitrogens with two attached hydrogens (primary N) is 1. The maximum Gasteiger partial charge on any atom is 0.164 e. The first-order valence-corrected chi connectivity index (χ1v) is 7.85. The Hall–Kier alpha value is -0.930. The van der Waals surface area contributed by atoms with Crippen molar-refractivity contribution in [3.05, 3.63) is 22.2 Å². The minimum atomic E-state index is 0.0348. The average molecular weight is 296 g/mol. The fourth-order valence-corrected chi connectivity index (χ4v) is 3.68. The first kappa shape index (κ1) is 14.0. The summed E-state index contributed by atoms with van der Waals surface area (Å²) in [5.74, 6) is 1.67. The van der Waals surface area contributed by atoms with Gasteiger partial charge in [-0.25, -0.2) is 0 Å². The average Bonchev–Trinajstić information content (AvgIpc) is 3.21. The molecule has 1 fully saturated rings. The molecule has 2 N–H and O–H groups in total. The Morgan fingerprint density at radius 1 is 1.35 bits per heavy atom. The molecule has 1 aromatic carbocycles. The molecule has 0 radical (unpaired) electrons. The van der Waals surface area contributed by atoms with Crippen LogP contribution in [0.5, 0.6) is 11.5 Å². The summed E-state index contributed by atoms with van der Waals surface area (Å²) in [5, 5.41) is 0.779. The van der Waals surface area contributed by atoms with Gasteiger partial charge in [-0.15, -0.1) is 0 Å². The van der Waals surface area contributed by atoms with E-state index in [4.69, 9.17) is 26.8 Å². The molecule has 1 aliphatic carbocycles. The zero-order chi connectivity index (χ0) is 14.3. The lowest BCUT2D eigenvalue weighted by Gasteiger charge is -2.26. The van der Waals surface area contributed by atoms with E-state index in [1.54, 1.807) is 0 Å². The second-order valence-corrected chi connectivity index (χ2v) is 6.30. The summed E-state index contributed by atoms with van der Waals surface area (Å²) >= 11 is 6.58. The molecule has 0 spiro atoms. The summed E-state index contributed by atoms with van der Waals surface area (Å²) in [6, 6.07) is 2.02. The largest absolute Gasteiger partial charge is 0.489 e. The lowest BCUT2D eigenvalue weighted by atomic mass is 9.84. The minimum absolute atomic E-state index is 0.0348. The van der Waals surface area contributed by atoms with Gasteiger partial charge < -0.3 is 15.2 Å². The van der Waals surface area contributed by atoms with Crippen molar-refractivity contribution >= 4 is 11.6 Å². The van der Waals surface area contributed by atoms with Crippen molar-refractivity contribution in [2.24, 2.45) is 5.73 Å². The van der Waals surface area contributed by atoms with Crippen LogP contribution in [0.2, 0.25) is 5.02 Å². The summed E-state index contributed by atoms with van der Waals surface area (Å²) in [5.41, 5.74) is 8.65. The number of ether oxygens (including phenoxy) is 2. The predicted octanol–water partition coefficient (Wildman–Crippen LogP) is 3.44. The molecular formula is C16H22ClNO2. The van der Waals surface area contributed by atoms with Gasteiger partial charge in [0.15, 0.2) is 11.5 Å². The SMILES string of the molecule is CCc1c2c(cc(Cl)c1C1(C(C)N)CC1)OCCCO2. The van der Waals surface area contributed by atoms with Gasteiger partial charge in [-0.05, 0) is 31.7 Å². The highest BCUT2D eigenvalue weighted by molar-refractivity contribution is 6.32. The highest BCUT2D eigenvalue weighted by atomic mass is 35.5. The predicted molar refractivity (Wildman–Crippen MR) is 81.0 cm³/mol. The van der Waals surface area contributed by atoms with Gasteiger partial charge in [-0.2, -0.15) is 0 Å². The normalized spacial score (nSPS) is 21.2. The Morgan fingerprint density at radius 3 is 2.65 bits per heavy atom. The van der Waals surface area contributed by atoms with E-state index in [0.717, 1.165) is 42.2 Å². The molecule has 1 aliphatic heterocycles. The smallest absolute Gasteiger partial charge is 0.164 e. The molecule has 20 heavy (non-hydrogen) atoms. The first-order chi connectivity index (χ1) is 9.60. The van der Waals surface area contributed by atoms with Crippen LogP contribution in [-0.4, -0.2) is 19.3 Å². The molecule has 1 heterocycles. The second-order valence-electron chi connectivity index (χ2n) is 5.89. The van der Waals surface area contributed by atoms with Gasteiger partial charge in [-0.1, -0.05) is 18.5 Å². The molecule has 3 rings (SSSR count). The molecule has 110 valence electrons. The summed E-state index contributed by atoms with van der Waals surface area (Å²) in [7, 11) is 0. The number of hydrogen-bond donors (Lipinski definition) is 1. The number of hydrogen-bond acceptors (Lipinski definition) is 3. The third kappa shape index (κ3) is 2.08. The van der Waals surface area contributed by atoms with Crippen molar-refractivity contribution in [3.8, 4) is 11.5 Å². The summed E-state index contributed by atoms with van der Waals surface area (Å²) in [4.78, 5) is 0. The molecule has 0 saturated heterocycles. The third-order valence-corrected chi connectivity index (χ3v) is 4.90.